The summed E-state index contributed by atoms with van der Waals surface area (Å²) in [6.45, 7) is 5.34. The first-order valence-corrected chi connectivity index (χ1v) is 5.51. The fraction of sp³-hybridized carbons (Fsp3) is 0.545. The van der Waals surface area contributed by atoms with Crippen molar-refractivity contribution in [2.45, 2.75) is 13.0 Å². The summed E-state index contributed by atoms with van der Waals surface area (Å²) in [6, 6.07) is 0.398. The summed E-state index contributed by atoms with van der Waals surface area (Å²) in [4.78, 5) is 22.0. The average Bonchev–Trinajstić information content (AvgIpc) is 2.33. The van der Waals surface area contributed by atoms with E-state index in [2.05, 4.69) is 27.1 Å². The highest BCUT2D eigenvalue weighted by atomic mass is 16.1. The number of ketones is 1. The van der Waals surface area contributed by atoms with E-state index in [1.165, 1.54) is 6.20 Å². The van der Waals surface area contributed by atoms with Crippen LogP contribution in [0.15, 0.2) is 18.6 Å². The number of carbonyl (C=O) groups is 1. The molecule has 86 valence electrons. The minimum absolute atomic E-state index is 0.0434. The molecule has 1 N–H and O–H groups in total. The zero-order chi connectivity index (χ0) is 11.4. The summed E-state index contributed by atoms with van der Waals surface area (Å²) < 4.78 is 0. The van der Waals surface area contributed by atoms with E-state index in [0.717, 1.165) is 19.6 Å². The first-order chi connectivity index (χ1) is 7.77. The van der Waals surface area contributed by atoms with Crippen LogP contribution >= 0.6 is 0 Å². The van der Waals surface area contributed by atoms with Crippen LogP contribution in [0.2, 0.25) is 0 Å². The highest BCUT2D eigenvalue weighted by Gasteiger charge is 2.21. The van der Waals surface area contributed by atoms with Crippen molar-refractivity contribution in [1.82, 2.24) is 20.2 Å². The van der Waals surface area contributed by atoms with Crippen LogP contribution in [0.4, 0.5) is 0 Å². The number of rotatable bonds is 3. The zero-order valence-corrected chi connectivity index (χ0v) is 9.39. The first-order valence-electron chi connectivity index (χ1n) is 5.51. The van der Waals surface area contributed by atoms with Gasteiger partial charge in [0.25, 0.3) is 0 Å². The lowest BCUT2D eigenvalue weighted by Gasteiger charge is -2.33. The molecular formula is C11H16N4O. The number of hydrogen-bond donors (Lipinski definition) is 1. The smallest absolute Gasteiger partial charge is 0.196 e. The van der Waals surface area contributed by atoms with Crippen LogP contribution in [0, 0.1) is 0 Å². The Kier molecular flexibility index (Phi) is 3.58. The number of nitrogens with one attached hydrogen (secondary N) is 1. The van der Waals surface area contributed by atoms with Gasteiger partial charge in [0.1, 0.15) is 5.69 Å². The molecule has 1 aromatic rings. The average molecular weight is 220 g/mol. The Morgan fingerprint density at radius 1 is 1.62 bits per heavy atom. The Bertz CT molecular complexity index is 354. The second kappa shape index (κ2) is 5.14. The second-order valence-electron chi connectivity index (χ2n) is 4.04. The molecule has 1 saturated heterocycles. The number of Topliss-reactive ketones (excluding diaryl/α,β-unsaturated/α-hetero) is 1. The molecule has 1 fully saturated rings. The molecule has 16 heavy (non-hydrogen) atoms. The van der Waals surface area contributed by atoms with Gasteiger partial charge >= 0.3 is 0 Å². The van der Waals surface area contributed by atoms with E-state index < -0.39 is 0 Å². The number of piperazine rings is 1. The zero-order valence-electron chi connectivity index (χ0n) is 9.39. The van der Waals surface area contributed by atoms with Gasteiger partial charge in [-0.25, -0.2) is 4.98 Å². The first kappa shape index (κ1) is 11.2. The highest BCUT2D eigenvalue weighted by Crippen LogP contribution is 2.04. The molecule has 0 bridgehead atoms. The molecule has 0 aromatic carbocycles. The van der Waals surface area contributed by atoms with E-state index in [9.17, 15) is 4.79 Å². The van der Waals surface area contributed by atoms with Gasteiger partial charge in [-0.15, -0.1) is 0 Å². The monoisotopic (exact) mass is 220 g/mol. The fourth-order valence-corrected chi connectivity index (χ4v) is 1.83. The van der Waals surface area contributed by atoms with E-state index in [0.29, 0.717) is 18.3 Å². The topological polar surface area (TPSA) is 58.1 Å². The molecule has 1 atom stereocenters. The lowest BCUT2D eigenvalue weighted by molar-refractivity contribution is 0.0870. The van der Waals surface area contributed by atoms with E-state index >= 15 is 0 Å². The van der Waals surface area contributed by atoms with Gasteiger partial charge in [-0.1, -0.05) is 0 Å². The predicted octanol–water partition coefficient (Wildman–Crippen LogP) is -0.0470. The van der Waals surface area contributed by atoms with Gasteiger partial charge in [0, 0.05) is 38.1 Å². The van der Waals surface area contributed by atoms with Gasteiger partial charge in [0.05, 0.1) is 12.7 Å². The van der Waals surface area contributed by atoms with Crippen molar-refractivity contribution in [2.24, 2.45) is 0 Å². The van der Waals surface area contributed by atoms with E-state index in [-0.39, 0.29) is 5.78 Å². The van der Waals surface area contributed by atoms with Crippen LogP contribution < -0.4 is 5.32 Å². The van der Waals surface area contributed by atoms with Crippen molar-refractivity contribution in [3.8, 4) is 0 Å². The largest absolute Gasteiger partial charge is 0.314 e. The molecule has 2 rings (SSSR count). The Balaban J connectivity index is 1.96. The van der Waals surface area contributed by atoms with Gasteiger partial charge < -0.3 is 5.32 Å². The highest BCUT2D eigenvalue weighted by molar-refractivity contribution is 5.95. The predicted molar refractivity (Wildman–Crippen MR) is 60.3 cm³/mol. The summed E-state index contributed by atoms with van der Waals surface area (Å²) in [5.74, 6) is 0.0434. The summed E-state index contributed by atoms with van der Waals surface area (Å²) in [7, 11) is 0. The molecule has 5 nitrogen and oxygen atoms in total. The van der Waals surface area contributed by atoms with E-state index in [1.54, 1.807) is 12.4 Å². The fourth-order valence-electron chi connectivity index (χ4n) is 1.83. The molecule has 0 aliphatic carbocycles. The third kappa shape index (κ3) is 2.62. The van der Waals surface area contributed by atoms with Crippen LogP contribution in [-0.4, -0.2) is 52.9 Å². The number of aromatic nitrogens is 2. The van der Waals surface area contributed by atoms with Crippen molar-refractivity contribution in [1.29, 1.82) is 0 Å². The van der Waals surface area contributed by atoms with Gasteiger partial charge in [0.15, 0.2) is 5.78 Å². The SMILES string of the molecule is C[C@@H]1CNCCN1CC(=O)c1cnccn1. The summed E-state index contributed by atoms with van der Waals surface area (Å²) in [5.41, 5.74) is 0.452. The molecule has 1 aromatic heterocycles. The molecular weight excluding hydrogens is 204 g/mol. The quantitative estimate of drug-likeness (QED) is 0.724. The lowest BCUT2D eigenvalue weighted by atomic mass is 10.2. The maximum absolute atomic E-state index is 11.9. The Hall–Kier alpha value is -1.33. The van der Waals surface area contributed by atoms with Crippen LogP contribution in [0.5, 0.6) is 0 Å². The van der Waals surface area contributed by atoms with Crippen molar-refractivity contribution in [3.05, 3.63) is 24.3 Å². The maximum atomic E-state index is 11.9. The molecule has 0 unspecified atom stereocenters. The minimum Gasteiger partial charge on any atom is -0.314 e. The third-order valence-corrected chi connectivity index (χ3v) is 2.83. The summed E-state index contributed by atoms with van der Waals surface area (Å²) >= 11 is 0. The number of nitrogens with zero attached hydrogens (tertiary/aromatic N) is 3. The minimum atomic E-state index is 0.0434. The van der Waals surface area contributed by atoms with Crippen LogP contribution in [0.1, 0.15) is 17.4 Å². The van der Waals surface area contributed by atoms with Crippen molar-refractivity contribution in [2.75, 3.05) is 26.2 Å². The van der Waals surface area contributed by atoms with E-state index in [1.807, 2.05) is 0 Å². The third-order valence-electron chi connectivity index (χ3n) is 2.83. The normalized spacial score (nSPS) is 21.9. The molecule has 0 saturated carbocycles. The molecule has 1 aliphatic rings. The summed E-state index contributed by atoms with van der Waals surface area (Å²) in [6.07, 6.45) is 4.65. The van der Waals surface area contributed by atoms with Gasteiger partial charge in [0.2, 0.25) is 0 Å². The Labute approximate surface area is 94.9 Å². The second-order valence-corrected chi connectivity index (χ2v) is 4.04. The van der Waals surface area contributed by atoms with Crippen molar-refractivity contribution < 1.29 is 4.79 Å². The van der Waals surface area contributed by atoms with Crippen LogP contribution in [0.3, 0.4) is 0 Å². The van der Waals surface area contributed by atoms with Gasteiger partial charge in [-0.3, -0.25) is 14.7 Å². The van der Waals surface area contributed by atoms with Crippen LogP contribution in [0.25, 0.3) is 0 Å². The standard InChI is InChI=1S/C11H16N4O/c1-9-6-13-4-5-15(9)8-11(16)10-7-12-2-3-14-10/h2-3,7,9,13H,4-6,8H2,1H3/t9-/m1/s1. The summed E-state index contributed by atoms with van der Waals surface area (Å²) in [5, 5.41) is 3.30. The van der Waals surface area contributed by atoms with Gasteiger partial charge in [-0.2, -0.15) is 0 Å². The maximum Gasteiger partial charge on any atom is 0.196 e. The Morgan fingerprint density at radius 2 is 2.50 bits per heavy atom. The van der Waals surface area contributed by atoms with E-state index in [4.69, 9.17) is 0 Å². The van der Waals surface area contributed by atoms with Gasteiger partial charge in [-0.05, 0) is 6.92 Å². The lowest BCUT2D eigenvalue weighted by Crippen LogP contribution is -2.51. The number of carbonyl (C=O) groups excluding carboxylic acids is 1. The van der Waals surface area contributed by atoms with Crippen molar-refractivity contribution >= 4 is 5.78 Å². The molecule has 0 amide bonds. The molecule has 2 heterocycles. The molecule has 0 radical (unpaired) electrons. The van der Waals surface area contributed by atoms with Crippen LogP contribution in [-0.2, 0) is 0 Å². The Morgan fingerprint density at radius 3 is 3.19 bits per heavy atom. The molecule has 0 spiro atoms. The molecule has 5 heteroatoms. The van der Waals surface area contributed by atoms with Crippen molar-refractivity contribution in [3.63, 3.8) is 0 Å². The molecule has 1 aliphatic heterocycles. The number of hydrogen-bond acceptors (Lipinski definition) is 5.